The van der Waals surface area contributed by atoms with Crippen molar-refractivity contribution in [2.45, 2.75) is 76.9 Å². The van der Waals surface area contributed by atoms with E-state index >= 15 is 0 Å². The minimum absolute atomic E-state index is 0.0281. The largest absolute Gasteiger partial charge is 0.377 e. The molecule has 2 aromatic rings. The summed E-state index contributed by atoms with van der Waals surface area (Å²) >= 11 is 0. The van der Waals surface area contributed by atoms with Crippen molar-refractivity contribution in [3.63, 3.8) is 0 Å². The van der Waals surface area contributed by atoms with E-state index in [-0.39, 0.29) is 17.9 Å². The third kappa shape index (κ3) is 5.15. The van der Waals surface area contributed by atoms with E-state index in [9.17, 15) is 9.59 Å². The van der Waals surface area contributed by atoms with E-state index in [0.717, 1.165) is 36.9 Å². The molecular formula is C28H37N3O4. The van der Waals surface area contributed by atoms with Gasteiger partial charge in [-0.3, -0.25) is 9.59 Å². The van der Waals surface area contributed by atoms with E-state index in [1.807, 2.05) is 41.0 Å². The molecule has 2 saturated heterocycles. The van der Waals surface area contributed by atoms with E-state index in [2.05, 4.69) is 17.3 Å². The highest BCUT2D eigenvalue weighted by atomic mass is 16.5. The Morgan fingerprint density at radius 1 is 1.17 bits per heavy atom. The van der Waals surface area contributed by atoms with Crippen LogP contribution in [0.5, 0.6) is 0 Å². The Hall–Kier alpha value is -2.67. The topological polar surface area (TPSA) is 75.9 Å². The second-order valence-corrected chi connectivity index (χ2v) is 10.5. The number of aromatic nitrogens is 1. The summed E-state index contributed by atoms with van der Waals surface area (Å²) in [5.41, 5.74) is 1.39. The fourth-order valence-electron chi connectivity index (χ4n) is 6.32. The quantitative estimate of drug-likeness (QED) is 0.596. The Balaban J connectivity index is 1.33. The highest BCUT2D eigenvalue weighted by Crippen LogP contribution is 2.41. The van der Waals surface area contributed by atoms with Crippen LogP contribution in [-0.4, -0.2) is 59.1 Å². The fraction of sp³-hybridized carbons (Fsp3) is 0.607. The Morgan fingerprint density at radius 3 is 2.74 bits per heavy atom. The highest BCUT2D eigenvalue weighted by molar-refractivity contribution is 5.92. The lowest BCUT2D eigenvalue weighted by Crippen LogP contribution is -2.60. The van der Waals surface area contributed by atoms with Crippen LogP contribution in [0.1, 0.15) is 86.0 Å². The minimum Gasteiger partial charge on any atom is -0.377 e. The average Bonchev–Trinajstić information content (AvgIpc) is 3.39. The van der Waals surface area contributed by atoms with E-state index in [1.54, 1.807) is 0 Å². The summed E-state index contributed by atoms with van der Waals surface area (Å²) in [6.07, 6.45) is 8.09. The van der Waals surface area contributed by atoms with E-state index in [0.29, 0.717) is 50.9 Å². The predicted molar refractivity (Wildman–Crippen MR) is 132 cm³/mol. The van der Waals surface area contributed by atoms with Gasteiger partial charge in [0.15, 0.2) is 0 Å². The zero-order valence-corrected chi connectivity index (χ0v) is 20.8. The predicted octanol–water partition coefficient (Wildman–Crippen LogP) is 4.78. The van der Waals surface area contributed by atoms with Crippen molar-refractivity contribution in [2.75, 3.05) is 26.2 Å². The van der Waals surface area contributed by atoms with Crippen LogP contribution in [0.3, 0.4) is 0 Å². The van der Waals surface area contributed by atoms with Gasteiger partial charge in [-0.25, -0.2) is 0 Å². The number of hydrogen-bond acceptors (Lipinski definition) is 5. The normalized spacial score (nSPS) is 25.9. The number of piperidine rings is 2. The van der Waals surface area contributed by atoms with Crippen LogP contribution in [0.25, 0.3) is 0 Å². The number of likely N-dealkylation sites (tertiary alicyclic amines) is 2. The van der Waals surface area contributed by atoms with Crippen LogP contribution >= 0.6 is 0 Å². The van der Waals surface area contributed by atoms with Gasteiger partial charge >= 0.3 is 0 Å². The van der Waals surface area contributed by atoms with Crippen molar-refractivity contribution >= 4 is 11.8 Å². The first kappa shape index (κ1) is 24.0. The molecular weight excluding hydrogens is 442 g/mol. The van der Waals surface area contributed by atoms with Crippen molar-refractivity contribution in [3.8, 4) is 0 Å². The van der Waals surface area contributed by atoms with Crippen LogP contribution in [0.2, 0.25) is 0 Å². The first-order valence-corrected chi connectivity index (χ1v) is 13.3. The number of carbonyl (C=O) groups excluding carboxylic acids is 2. The summed E-state index contributed by atoms with van der Waals surface area (Å²) in [6.45, 7) is 4.79. The Morgan fingerprint density at radius 2 is 1.97 bits per heavy atom. The van der Waals surface area contributed by atoms with Crippen molar-refractivity contribution in [3.05, 3.63) is 53.4 Å². The van der Waals surface area contributed by atoms with Gasteiger partial charge < -0.3 is 19.1 Å². The third-order valence-corrected chi connectivity index (χ3v) is 8.03. The summed E-state index contributed by atoms with van der Waals surface area (Å²) in [7, 11) is 0. The van der Waals surface area contributed by atoms with Gasteiger partial charge in [-0.1, -0.05) is 54.8 Å². The van der Waals surface area contributed by atoms with E-state index in [1.165, 1.54) is 19.3 Å². The lowest BCUT2D eigenvalue weighted by molar-refractivity contribution is -0.159. The molecule has 35 heavy (non-hydrogen) atoms. The number of ether oxygens (including phenoxy) is 1. The molecule has 0 N–H and O–H groups in total. The fourth-order valence-corrected chi connectivity index (χ4v) is 6.32. The summed E-state index contributed by atoms with van der Waals surface area (Å²) in [5.74, 6) is 0.670. The van der Waals surface area contributed by atoms with Crippen molar-refractivity contribution in [1.82, 2.24) is 15.0 Å². The van der Waals surface area contributed by atoms with Crippen LogP contribution < -0.4 is 0 Å². The molecule has 7 nitrogen and oxygen atoms in total. The molecule has 1 aromatic carbocycles. The second kappa shape index (κ2) is 10.5. The summed E-state index contributed by atoms with van der Waals surface area (Å²) in [5, 5.41) is 4.25. The van der Waals surface area contributed by atoms with Gasteiger partial charge in [-0.2, -0.15) is 0 Å². The number of amides is 2. The standard InChI is InChI=1S/C28H37N3O4/c1-2-34-23-17-28(27(33)31(19-23)18-21-10-5-3-6-11-21)14-9-15-30(20-28)26(32)25-16-24(29-35-25)22-12-7-4-8-13-22/h3,5-6,10-11,16,22-23H,2,4,7-9,12-15,17-20H2,1H3/t23-,28-/m0/s1. The maximum absolute atomic E-state index is 13.9. The van der Waals surface area contributed by atoms with Gasteiger partial charge in [0.25, 0.3) is 5.91 Å². The molecule has 2 amide bonds. The zero-order chi connectivity index (χ0) is 24.3. The van der Waals surface area contributed by atoms with Crippen LogP contribution in [0, 0.1) is 5.41 Å². The van der Waals surface area contributed by atoms with Crippen molar-refractivity contribution in [1.29, 1.82) is 0 Å². The molecule has 1 spiro atoms. The van der Waals surface area contributed by atoms with E-state index in [4.69, 9.17) is 9.26 Å². The number of hydrogen-bond donors (Lipinski definition) is 0. The van der Waals surface area contributed by atoms with E-state index < -0.39 is 5.41 Å². The summed E-state index contributed by atoms with van der Waals surface area (Å²) in [6, 6.07) is 11.9. The molecule has 5 rings (SSSR count). The van der Waals surface area contributed by atoms with Gasteiger partial charge in [-0.15, -0.1) is 0 Å². The molecule has 7 heteroatoms. The Labute approximate surface area is 207 Å². The van der Waals surface area contributed by atoms with Gasteiger partial charge in [0, 0.05) is 44.8 Å². The van der Waals surface area contributed by atoms with Crippen molar-refractivity contribution in [2.24, 2.45) is 5.41 Å². The SMILES string of the molecule is CCO[C@@H]1CN(Cc2ccccc2)C(=O)[C@@]2(CCCN(C(=O)c3cc(C4CCCCC4)no3)C2)C1. The zero-order valence-electron chi connectivity index (χ0n) is 20.8. The maximum atomic E-state index is 13.9. The number of benzene rings is 1. The molecule has 2 aliphatic heterocycles. The first-order chi connectivity index (χ1) is 17.1. The Kier molecular flexibility index (Phi) is 7.23. The maximum Gasteiger partial charge on any atom is 0.292 e. The number of nitrogens with zero attached hydrogens (tertiary/aromatic N) is 3. The molecule has 2 atom stereocenters. The Bertz CT molecular complexity index is 1020. The molecule has 3 aliphatic rings. The van der Waals surface area contributed by atoms with Crippen molar-refractivity contribution < 1.29 is 18.8 Å². The average molecular weight is 480 g/mol. The summed E-state index contributed by atoms with van der Waals surface area (Å²) in [4.78, 5) is 31.1. The highest BCUT2D eigenvalue weighted by Gasteiger charge is 2.50. The third-order valence-electron chi connectivity index (χ3n) is 8.03. The van der Waals surface area contributed by atoms with Gasteiger partial charge in [0.1, 0.15) is 0 Å². The van der Waals surface area contributed by atoms with Gasteiger partial charge in [0.2, 0.25) is 11.7 Å². The molecule has 0 unspecified atom stereocenters. The van der Waals surface area contributed by atoms with Crippen LogP contribution in [0.4, 0.5) is 0 Å². The molecule has 3 heterocycles. The molecule has 1 aromatic heterocycles. The first-order valence-electron chi connectivity index (χ1n) is 13.3. The number of carbonyl (C=O) groups is 2. The summed E-state index contributed by atoms with van der Waals surface area (Å²) < 4.78 is 11.6. The molecule has 1 saturated carbocycles. The molecule has 0 bridgehead atoms. The monoisotopic (exact) mass is 479 g/mol. The van der Waals surface area contributed by atoms with Gasteiger partial charge in [-0.05, 0) is 44.6 Å². The lowest BCUT2D eigenvalue weighted by atomic mass is 9.72. The lowest BCUT2D eigenvalue weighted by Gasteiger charge is -2.49. The second-order valence-electron chi connectivity index (χ2n) is 10.5. The van der Waals surface area contributed by atoms with Gasteiger partial charge in [0.05, 0.1) is 17.2 Å². The van der Waals surface area contributed by atoms with Crippen LogP contribution in [-0.2, 0) is 16.1 Å². The molecule has 1 aliphatic carbocycles. The van der Waals surface area contributed by atoms with Crippen LogP contribution in [0.15, 0.2) is 40.9 Å². The molecule has 0 radical (unpaired) electrons. The smallest absolute Gasteiger partial charge is 0.292 e. The number of rotatable bonds is 6. The molecule has 188 valence electrons. The minimum atomic E-state index is -0.618. The molecule has 3 fully saturated rings.